The van der Waals surface area contributed by atoms with Crippen LogP contribution in [0.2, 0.25) is 0 Å². The SMILES string of the molecule is NCCN1CCN(C(=O)C2CC2c2ccccc2)CC1. The van der Waals surface area contributed by atoms with Gasteiger partial charge in [0.15, 0.2) is 0 Å². The molecule has 1 saturated carbocycles. The van der Waals surface area contributed by atoms with Gasteiger partial charge in [0, 0.05) is 45.2 Å². The third kappa shape index (κ3) is 2.86. The molecule has 2 unspecified atom stereocenters. The molecule has 2 N–H and O–H groups in total. The smallest absolute Gasteiger partial charge is 0.226 e. The van der Waals surface area contributed by atoms with Gasteiger partial charge in [-0.2, -0.15) is 0 Å². The zero-order valence-corrected chi connectivity index (χ0v) is 11.9. The monoisotopic (exact) mass is 273 g/mol. The molecule has 1 aliphatic heterocycles. The van der Waals surface area contributed by atoms with Crippen LogP contribution >= 0.6 is 0 Å². The zero-order valence-electron chi connectivity index (χ0n) is 11.9. The van der Waals surface area contributed by atoms with Crippen molar-refractivity contribution in [1.29, 1.82) is 0 Å². The van der Waals surface area contributed by atoms with E-state index in [9.17, 15) is 4.79 Å². The number of carbonyl (C=O) groups is 1. The number of rotatable bonds is 4. The van der Waals surface area contributed by atoms with E-state index in [-0.39, 0.29) is 5.92 Å². The first-order valence-corrected chi connectivity index (χ1v) is 7.55. The molecule has 0 bridgehead atoms. The third-order valence-electron chi connectivity index (χ3n) is 4.46. The number of nitrogens with two attached hydrogens (primary N) is 1. The van der Waals surface area contributed by atoms with Gasteiger partial charge in [-0.05, 0) is 17.9 Å². The van der Waals surface area contributed by atoms with E-state index < -0.39 is 0 Å². The van der Waals surface area contributed by atoms with Crippen molar-refractivity contribution in [3.8, 4) is 0 Å². The third-order valence-corrected chi connectivity index (χ3v) is 4.46. The average Bonchev–Trinajstić information content (AvgIpc) is 3.29. The first-order chi connectivity index (χ1) is 9.79. The molecule has 0 aromatic heterocycles. The van der Waals surface area contributed by atoms with Gasteiger partial charge in [0.05, 0.1) is 0 Å². The average molecular weight is 273 g/mol. The topological polar surface area (TPSA) is 49.6 Å². The van der Waals surface area contributed by atoms with Crippen molar-refractivity contribution in [2.75, 3.05) is 39.3 Å². The summed E-state index contributed by atoms with van der Waals surface area (Å²) in [4.78, 5) is 16.9. The summed E-state index contributed by atoms with van der Waals surface area (Å²) in [5.41, 5.74) is 6.89. The fourth-order valence-corrected chi connectivity index (χ4v) is 3.15. The highest BCUT2D eigenvalue weighted by atomic mass is 16.2. The van der Waals surface area contributed by atoms with E-state index in [0.29, 0.717) is 18.4 Å². The van der Waals surface area contributed by atoms with Gasteiger partial charge in [-0.15, -0.1) is 0 Å². The van der Waals surface area contributed by atoms with Crippen LogP contribution in [0.3, 0.4) is 0 Å². The summed E-state index contributed by atoms with van der Waals surface area (Å²) >= 11 is 0. The Balaban J connectivity index is 1.52. The minimum absolute atomic E-state index is 0.221. The number of amides is 1. The van der Waals surface area contributed by atoms with Crippen molar-refractivity contribution in [1.82, 2.24) is 9.80 Å². The lowest BCUT2D eigenvalue weighted by molar-refractivity contribution is -0.134. The summed E-state index contributed by atoms with van der Waals surface area (Å²) in [5.74, 6) is 1.02. The quantitative estimate of drug-likeness (QED) is 0.886. The lowest BCUT2D eigenvalue weighted by Crippen LogP contribution is -2.50. The highest BCUT2D eigenvalue weighted by Gasteiger charge is 2.45. The fourth-order valence-electron chi connectivity index (χ4n) is 3.15. The summed E-state index contributed by atoms with van der Waals surface area (Å²) in [7, 11) is 0. The van der Waals surface area contributed by atoms with Gasteiger partial charge >= 0.3 is 0 Å². The molecule has 1 saturated heterocycles. The second kappa shape index (κ2) is 5.94. The van der Waals surface area contributed by atoms with Crippen molar-refractivity contribution >= 4 is 5.91 Å². The Hall–Kier alpha value is -1.39. The molecule has 2 atom stereocenters. The lowest BCUT2D eigenvalue weighted by Gasteiger charge is -2.34. The molecule has 0 radical (unpaired) electrons. The molecule has 1 amide bonds. The molecule has 0 spiro atoms. The minimum atomic E-state index is 0.221. The van der Waals surface area contributed by atoms with E-state index in [2.05, 4.69) is 29.2 Å². The van der Waals surface area contributed by atoms with Gasteiger partial charge in [-0.3, -0.25) is 9.69 Å². The van der Waals surface area contributed by atoms with Crippen molar-refractivity contribution in [2.45, 2.75) is 12.3 Å². The predicted octanol–water partition coefficient (Wildman–Crippen LogP) is 0.893. The van der Waals surface area contributed by atoms with E-state index in [1.165, 1.54) is 5.56 Å². The molecular weight excluding hydrogens is 250 g/mol. The van der Waals surface area contributed by atoms with Crippen LogP contribution in [0.5, 0.6) is 0 Å². The number of carbonyl (C=O) groups excluding carboxylic acids is 1. The first kappa shape index (κ1) is 13.6. The predicted molar refractivity (Wildman–Crippen MR) is 79.4 cm³/mol. The van der Waals surface area contributed by atoms with E-state index in [0.717, 1.165) is 39.1 Å². The molecule has 2 fully saturated rings. The van der Waals surface area contributed by atoms with Crippen molar-refractivity contribution in [3.63, 3.8) is 0 Å². The summed E-state index contributed by atoms with van der Waals surface area (Å²) < 4.78 is 0. The highest BCUT2D eigenvalue weighted by molar-refractivity contribution is 5.83. The molecule has 4 heteroatoms. The largest absolute Gasteiger partial charge is 0.340 e. The maximum atomic E-state index is 12.5. The van der Waals surface area contributed by atoms with Gasteiger partial charge in [0.25, 0.3) is 0 Å². The van der Waals surface area contributed by atoms with Crippen LogP contribution in [0.25, 0.3) is 0 Å². The number of piperazine rings is 1. The van der Waals surface area contributed by atoms with Crippen LogP contribution < -0.4 is 5.73 Å². The van der Waals surface area contributed by atoms with Gasteiger partial charge in [-0.25, -0.2) is 0 Å². The fraction of sp³-hybridized carbons (Fsp3) is 0.562. The van der Waals surface area contributed by atoms with Crippen molar-refractivity contribution in [3.05, 3.63) is 35.9 Å². The summed E-state index contributed by atoms with van der Waals surface area (Å²) in [5, 5.41) is 0. The molecule has 108 valence electrons. The Kier molecular flexibility index (Phi) is 4.03. The van der Waals surface area contributed by atoms with E-state index in [4.69, 9.17) is 5.73 Å². The second-order valence-corrected chi connectivity index (χ2v) is 5.81. The number of hydrogen-bond acceptors (Lipinski definition) is 3. The summed E-state index contributed by atoms with van der Waals surface area (Å²) in [6.45, 7) is 5.29. The lowest BCUT2D eigenvalue weighted by atomic mass is 10.1. The van der Waals surface area contributed by atoms with Gasteiger partial charge in [0.2, 0.25) is 5.91 Å². The molecule has 4 nitrogen and oxygen atoms in total. The molecule has 3 rings (SSSR count). The maximum absolute atomic E-state index is 12.5. The van der Waals surface area contributed by atoms with Crippen molar-refractivity contribution < 1.29 is 4.79 Å². The Morgan fingerprint density at radius 3 is 2.50 bits per heavy atom. The normalized spacial score (nSPS) is 26.6. The second-order valence-electron chi connectivity index (χ2n) is 5.81. The highest BCUT2D eigenvalue weighted by Crippen LogP contribution is 2.48. The Labute approximate surface area is 120 Å². The standard InChI is InChI=1S/C16H23N3O/c17-6-7-18-8-10-19(11-9-18)16(20)15-12-14(15)13-4-2-1-3-5-13/h1-5,14-15H,6-12,17H2. The minimum Gasteiger partial charge on any atom is -0.340 e. The van der Waals surface area contributed by atoms with Gasteiger partial charge < -0.3 is 10.6 Å². The van der Waals surface area contributed by atoms with Gasteiger partial charge in [-0.1, -0.05) is 30.3 Å². The molecular formula is C16H23N3O. The Bertz CT molecular complexity index is 454. The summed E-state index contributed by atoms with van der Waals surface area (Å²) in [6.07, 6.45) is 1.02. The summed E-state index contributed by atoms with van der Waals surface area (Å²) in [6, 6.07) is 10.4. The van der Waals surface area contributed by atoms with Crippen molar-refractivity contribution in [2.24, 2.45) is 11.7 Å². The zero-order chi connectivity index (χ0) is 13.9. The number of hydrogen-bond donors (Lipinski definition) is 1. The molecule has 1 aromatic rings. The van der Waals surface area contributed by atoms with Crippen LogP contribution in [0.4, 0.5) is 0 Å². The van der Waals surface area contributed by atoms with E-state index >= 15 is 0 Å². The molecule has 20 heavy (non-hydrogen) atoms. The van der Waals surface area contributed by atoms with Crippen LogP contribution in [-0.2, 0) is 4.79 Å². The van der Waals surface area contributed by atoms with Crippen LogP contribution in [-0.4, -0.2) is 55.0 Å². The number of benzene rings is 1. The molecule has 1 heterocycles. The number of nitrogens with zero attached hydrogens (tertiary/aromatic N) is 2. The first-order valence-electron chi connectivity index (χ1n) is 7.55. The van der Waals surface area contributed by atoms with Crippen LogP contribution in [0.15, 0.2) is 30.3 Å². The van der Waals surface area contributed by atoms with Gasteiger partial charge in [0.1, 0.15) is 0 Å². The van der Waals surface area contributed by atoms with E-state index in [1.807, 2.05) is 11.0 Å². The van der Waals surface area contributed by atoms with Crippen LogP contribution in [0, 0.1) is 5.92 Å². The Morgan fingerprint density at radius 2 is 1.85 bits per heavy atom. The van der Waals surface area contributed by atoms with E-state index in [1.54, 1.807) is 0 Å². The van der Waals surface area contributed by atoms with Crippen LogP contribution in [0.1, 0.15) is 17.9 Å². The molecule has 1 aliphatic carbocycles. The molecule has 1 aromatic carbocycles. The Morgan fingerprint density at radius 1 is 1.15 bits per heavy atom. The molecule has 2 aliphatic rings. The maximum Gasteiger partial charge on any atom is 0.226 e.